The van der Waals surface area contributed by atoms with Crippen molar-refractivity contribution in [2.45, 2.75) is 26.1 Å². The number of ether oxygens (including phenoxy) is 1. The zero-order valence-corrected chi connectivity index (χ0v) is 14.2. The number of halogens is 2. The highest BCUT2D eigenvalue weighted by atomic mass is 127. The molecule has 0 aliphatic rings. The second-order valence-corrected chi connectivity index (χ2v) is 6.38. The van der Waals surface area contributed by atoms with Crippen molar-refractivity contribution in [1.29, 1.82) is 0 Å². The summed E-state index contributed by atoms with van der Waals surface area (Å²) in [5, 5.41) is 11.0. The first-order valence-corrected chi connectivity index (χ1v) is 7.82. The van der Waals surface area contributed by atoms with E-state index in [1.54, 1.807) is 6.07 Å². The highest BCUT2D eigenvalue weighted by molar-refractivity contribution is 14.1. The average molecular weight is 403 g/mol. The van der Waals surface area contributed by atoms with Crippen molar-refractivity contribution in [1.82, 2.24) is 0 Å². The molecule has 0 saturated heterocycles. The van der Waals surface area contributed by atoms with Gasteiger partial charge < -0.3 is 9.84 Å². The van der Waals surface area contributed by atoms with E-state index in [2.05, 4.69) is 22.6 Å². The molecule has 2 nitrogen and oxygen atoms in total. The minimum Gasteiger partial charge on any atom is -0.491 e. The predicted molar refractivity (Wildman–Crippen MR) is 90.4 cm³/mol. The van der Waals surface area contributed by atoms with Crippen LogP contribution in [0.3, 0.4) is 0 Å². The van der Waals surface area contributed by atoms with E-state index in [0.717, 1.165) is 20.4 Å². The topological polar surface area (TPSA) is 29.5 Å². The summed E-state index contributed by atoms with van der Waals surface area (Å²) < 4.78 is 6.56. The lowest BCUT2D eigenvalue weighted by atomic mass is 10.0. The van der Waals surface area contributed by atoms with Gasteiger partial charge in [0, 0.05) is 3.57 Å². The SMILES string of the molecule is CC(C)Oc1ccc(C(O)c2ccc(I)c(Cl)c2)cc1. The second-order valence-electron chi connectivity index (χ2n) is 4.81. The summed E-state index contributed by atoms with van der Waals surface area (Å²) in [6.45, 7) is 3.96. The van der Waals surface area contributed by atoms with Crippen LogP contribution in [-0.2, 0) is 0 Å². The summed E-state index contributed by atoms with van der Waals surface area (Å²) in [6, 6.07) is 13.1. The highest BCUT2D eigenvalue weighted by Gasteiger charge is 2.12. The quantitative estimate of drug-likeness (QED) is 0.744. The van der Waals surface area contributed by atoms with Crippen LogP contribution in [0.1, 0.15) is 31.1 Å². The minimum absolute atomic E-state index is 0.140. The Hall–Kier alpha value is -0.780. The van der Waals surface area contributed by atoms with Crippen molar-refractivity contribution in [2.24, 2.45) is 0 Å². The van der Waals surface area contributed by atoms with Gasteiger partial charge in [-0.3, -0.25) is 0 Å². The Kier molecular flexibility index (Phi) is 5.29. The van der Waals surface area contributed by atoms with Gasteiger partial charge in [-0.15, -0.1) is 0 Å². The van der Waals surface area contributed by atoms with Gasteiger partial charge in [0.15, 0.2) is 0 Å². The van der Waals surface area contributed by atoms with E-state index in [0.29, 0.717) is 5.02 Å². The standard InChI is InChI=1S/C16H16ClIO2/c1-10(2)20-13-6-3-11(4-7-13)16(19)12-5-8-15(18)14(17)9-12/h3-10,16,19H,1-2H3. The first-order valence-electron chi connectivity index (χ1n) is 6.37. The van der Waals surface area contributed by atoms with E-state index in [9.17, 15) is 5.11 Å². The number of hydrogen-bond acceptors (Lipinski definition) is 2. The lowest BCUT2D eigenvalue weighted by Gasteiger charge is -2.14. The van der Waals surface area contributed by atoms with Crippen molar-refractivity contribution in [2.75, 3.05) is 0 Å². The van der Waals surface area contributed by atoms with Crippen molar-refractivity contribution < 1.29 is 9.84 Å². The number of aliphatic hydroxyl groups excluding tert-OH is 1. The summed E-state index contributed by atoms with van der Waals surface area (Å²) in [5.74, 6) is 0.802. The first kappa shape index (κ1) is 15.6. The Morgan fingerprint density at radius 1 is 1.05 bits per heavy atom. The van der Waals surface area contributed by atoms with Gasteiger partial charge in [0.1, 0.15) is 11.9 Å². The largest absolute Gasteiger partial charge is 0.491 e. The van der Waals surface area contributed by atoms with Gasteiger partial charge in [-0.2, -0.15) is 0 Å². The van der Waals surface area contributed by atoms with Gasteiger partial charge in [0.25, 0.3) is 0 Å². The molecule has 1 unspecified atom stereocenters. The van der Waals surface area contributed by atoms with E-state index in [1.807, 2.05) is 50.2 Å². The van der Waals surface area contributed by atoms with Gasteiger partial charge in [0.2, 0.25) is 0 Å². The molecule has 0 aliphatic heterocycles. The van der Waals surface area contributed by atoms with Crippen LogP contribution in [0.25, 0.3) is 0 Å². The Labute approximate surface area is 137 Å². The van der Waals surface area contributed by atoms with E-state index in [4.69, 9.17) is 16.3 Å². The molecule has 1 atom stereocenters. The lowest BCUT2D eigenvalue weighted by molar-refractivity contribution is 0.219. The fraction of sp³-hybridized carbons (Fsp3) is 0.250. The maximum atomic E-state index is 10.4. The van der Waals surface area contributed by atoms with Crippen molar-refractivity contribution in [3.63, 3.8) is 0 Å². The Balaban J connectivity index is 2.20. The monoisotopic (exact) mass is 402 g/mol. The normalized spacial score (nSPS) is 12.5. The fourth-order valence-electron chi connectivity index (χ4n) is 1.88. The van der Waals surface area contributed by atoms with E-state index in [-0.39, 0.29) is 6.10 Å². The van der Waals surface area contributed by atoms with Gasteiger partial charge in [-0.1, -0.05) is 29.8 Å². The van der Waals surface area contributed by atoms with Crippen LogP contribution in [0.5, 0.6) is 5.75 Å². The molecule has 0 spiro atoms. The third-order valence-corrected chi connectivity index (χ3v) is 4.40. The molecule has 20 heavy (non-hydrogen) atoms. The molecule has 0 radical (unpaired) electrons. The van der Waals surface area contributed by atoms with Crippen LogP contribution in [0.4, 0.5) is 0 Å². The van der Waals surface area contributed by atoms with Crippen molar-refractivity contribution in [3.8, 4) is 5.75 Å². The van der Waals surface area contributed by atoms with Gasteiger partial charge in [-0.25, -0.2) is 0 Å². The third kappa shape index (κ3) is 3.87. The van der Waals surface area contributed by atoms with Crippen LogP contribution in [0.15, 0.2) is 42.5 Å². The summed E-state index contributed by atoms with van der Waals surface area (Å²) in [7, 11) is 0. The average Bonchev–Trinajstić information content (AvgIpc) is 2.41. The molecule has 4 heteroatoms. The van der Waals surface area contributed by atoms with Crippen LogP contribution in [-0.4, -0.2) is 11.2 Å². The van der Waals surface area contributed by atoms with Crippen LogP contribution in [0.2, 0.25) is 5.02 Å². The summed E-state index contributed by atoms with van der Waals surface area (Å²) in [5.41, 5.74) is 1.60. The molecule has 2 aromatic carbocycles. The molecule has 0 aromatic heterocycles. The summed E-state index contributed by atoms with van der Waals surface area (Å²) >= 11 is 8.25. The molecule has 0 fully saturated rings. The number of rotatable bonds is 4. The molecule has 0 saturated carbocycles. The van der Waals surface area contributed by atoms with Gasteiger partial charge in [-0.05, 0) is 71.8 Å². The molecule has 2 aromatic rings. The van der Waals surface area contributed by atoms with Gasteiger partial charge >= 0.3 is 0 Å². The van der Waals surface area contributed by atoms with Crippen LogP contribution in [0, 0.1) is 3.57 Å². The summed E-state index contributed by atoms with van der Waals surface area (Å²) in [4.78, 5) is 0. The Morgan fingerprint density at radius 3 is 2.20 bits per heavy atom. The first-order chi connectivity index (χ1) is 9.47. The van der Waals surface area contributed by atoms with E-state index < -0.39 is 6.10 Å². The van der Waals surface area contributed by atoms with Crippen molar-refractivity contribution in [3.05, 3.63) is 62.2 Å². The molecule has 0 heterocycles. The maximum absolute atomic E-state index is 10.4. The highest BCUT2D eigenvalue weighted by Crippen LogP contribution is 2.28. The molecule has 106 valence electrons. The Morgan fingerprint density at radius 2 is 1.65 bits per heavy atom. The molecule has 1 N–H and O–H groups in total. The second kappa shape index (κ2) is 6.78. The molecule has 0 aliphatic carbocycles. The summed E-state index contributed by atoms with van der Waals surface area (Å²) in [6.07, 6.45) is -0.543. The Bertz CT molecular complexity index is 582. The lowest BCUT2D eigenvalue weighted by Crippen LogP contribution is -2.06. The number of benzene rings is 2. The molecule has 0 amide bonds. The molecular formula is C16H16ClIO2. The van der Waals surface area contributed by atoms with Gasteiger partial charge in [0.05, 0.1) is 11.1 Å². The zero-order chi connectivity index (χ0) is 14.7. The van der Waals surface area contributed by atoms with Crippen LogP contribution >= 0.6 is 34.2 Å². The number of aliphatic hydroxyl groups is 1. The van der Waals surface area contributed by atoms with E-state index >= 15 is 0 Å². The van der Waals surface area contributed by atoms with E-state index in [1.165, 1.54) is 0 Å². The molecule has 0 bridgehead atoms. The molecule has 2 rings (SSSR count). The number of hydrogen-bond donors (Lipinski definition) is 1. The minimum atomic E-state index is -0.683. The maximum Gasteiger partial charge on any atom is 0.119 e. The fourth-order valence-corrected chi connectivity index (χ4v) is 2.40. The molecular weight excluding hydrogens is 387 g/mol. The van der Waals surface area contributed by atoms with Crippen LogP contribution < -0.4 is 4.74 Å². The smallest absolute Gasteiger partial charge is 0.119 e. The van der Waals surface area contributed by atoms with Crippen molar-refractivity contribution >= 4 is 34.2 Å². The zero-order valence-electron chi connectivity index (χ0n) is 11.3. The third-order valence-electron chi connectivity index (χ3n) is 2.83. The predicted octanol–water partition coefficient (Wildman–Crippen LogP) is 4.81.